The van der Waals surface area contributed by atoms with Gasteiger partial charge >= 0.3 is 6.03 Å². The number of piperidine rings is 1. The molecule has 2 fully saturated rings. The van der Waals surface area contributed by atoms with Gasteiger partial charge in [0.25, 0.3) is 0 Å². The lowest BCUT2D eigenvalue weighted by molar-refractivity contribution is 0.0871. The number of allylic oxidation sites excluding steroid dienone is 2. The van der Waals surface area contributed by atoms with Crippen molar-refractivity contribution in [2.24, 2.45) is 7.05 Å². The topological polar surface area (TPSA) is 63.1 Å². The molecule has 1 aromatic heterocycles. The highest BCUT2D eigenvalue weighted by Gasteiger charge is 2.54. The molecule has 1 atom stereocenters. The van der Waals surface area contributed by atoms with Crippen LogP contribution in [0.4, 0.5) is 4.79 Å². The molecule has 208 valence electrons. The molecule has 5 rings (SSSR count). The van der Waals surface area contributed by atoms with Crippen LogP contribution >= 0.6 is 0 Å². The number of rotatable bonds is 7. The zero-order chi connectivity index (χ0) is 27.9. The zero-order valence-corrected chi connectivity index (χ0v) is 24.2. The van der Waals surface area contributed by atoms with Crippen LogP contribution in [-0.4, -0.2) is 69.7 Å². The molecular formula is C31H41N5O3. The molecule has 0 N–H and O–H groups in total. The third-order valence-electron chi connectivity index (χ3n) is 8.74. The maximum absolute atomic E-state index is 13.9. The molecular weight excluding hydrogens is 490 g/mol. The molecule has 0 radical (unpaired) electrons. The van der Waals surface area contributed by atoms with Crippen molar-refractivity contribution in [1.29, 1.82) is 0 Å². The normalized spacial score (nSPS) is 20.7. The fraction of sp³-hybridized carbons (Fsp3) is 0.484. The summed E-state index contributed by atoms with van der Waals surface area (Å²) in [6.07, 6.45) is 10.0. The van der Waals surface area contributed by atoms with Gasteiger partial charge in [0.05, 0.1) is 44.2 Å². The number of urea groups is 1. The molecule has 1 aromatic carbocycles. The predicted molar refractivity (Wildman–Crippen MR) is 155 cm³/mol. The van der Waals surface area contributed by atoms with E-state index in [1.165, 1.54) is 0 Å². The van der Waals surface area contributed by atoms with Gasteiger partial charge in [-0.25, -0.2) is 9.78 Å². The molecule has 8 heteroatoms. The number of carbonyl (C=O) groups excluding carboxylic acids is 1. The van der Waals surface area contributed by atoms with Gasteiger partial charge in [0, 0.05) is 49.9 Å². The quantitative estimate of drug-likeness (QED) is 0.478. The van der Waals surface area contributed by atoms with Crippen molar-refractivity contribution in [1.82, 2.24) is 24.3 Å². The van der Waals surface area contributed by atoms with Crippen LogP contribution < -0.4 is 9.47 Å². The van der Waals surface area contributed by atoms with E-state index in [-0.39, 0.29) is 17.5 Å². The largest absolute Gasteiger partial charge is 0.497 e. The fourth-order valence-corrected chi connectivity index (χ4v) is 6.77. The number of likely N-dealkylation sites (N-methyl/N-ethyl adjacent to an activating group) is 1. The van der Waals surface area contributed by atoms with Crippen LogP contribution in [-0.2, 0) is 20.1 Å². The van der Waals surface area contributed by atoms with E-state index in [9.17, 15) is 4.79 Å². The Hall–Kier alpha value is -3.52. The van der Waals surface area contributed by atoms with Crippen molar-refractivity contribution in [3.63, 3.8) is 0 Å². The Kier molecular flexibility index (Phi) is 7.33. The van der Waals surface area contributed by atoms with Crippen LogP contribution in [0.15, 0.2) is 36.6 Å². The lowest BCUT2D eigenvalue weighted by atomic mass is 9.82. The lowest BCUT2D eigenvalue weighted by Crippen LogP contribution is -2.53. The van der Waals surface area contributed by atoms with Gasteiger partial charge in [0.2, 0.25) is 0 Å². The molecule has 39 heavy (non-hydrogen) atoms. The van der Waals surface area contributed by atoms with E-state index in [2.05, 4.69) is 60.1 Å². The van der Waals surface area contributed by atoms with E-state index in [1.807, 2.05) is 30.0 Å². The third-order valence-corrected chi connectivity index (χ3v) is 8.74. The van der Waals surface area contributed by atoms with Crippen molar-refractivity contribution in [2.75, 3.05) is 33.9 Å². The van der Waals surface area contributed by atoms with Gasteiger partial charge in [0.15, 0.2) is 0 Å². The van der Waals surface area contributed by atoms with E-state index in [0.717, 1.165) is 78.0 Å². The van der Waals surface area contributed by atoms with Gasteiger partial charge < -0.3 is 18.9 Å². The molecule has 8 nitrogen and oxygen atoms in total. The Morgan fingerprint density at radius 3 is 2.56 bits per heavy atom. The van der Waals surface area contributed by atoms with Crippen molar-refractivity contribution in [2.45, 2.75) is 58.2 Å². The van der Waals surface area contributed by atoms with Crippen LogP contribution in [0.3, 0.4) is 0 Å². The number of hydrogen-bond donors (Lipinski definition) is 0. The maximum Gasteiger partial charge on any atom is 0.325 e. The van der Waals surface area contributed by atoms with Gasteiger partial charge in [-0.05, 0) is 50.5 Å². The summed E-state index contributed by atoms with van der Waals surface area (Å²) in [5.41, 5.74) is 5.04. The molecule has 0 aliphatic carbocycles. The van der Waals surface area contributed by atoms with E-state index in [0.29, 0.717) is 13.1 Å². The first-order chi connectivity index (χ1) is 18.8. The van der Waals surface area contributed by atoms with Crippen molar-refractivity contribution < 1.29 is 14.3 Å². The number of likely N-dealkylation sites (tertiary alicyclic amines) is 1. The number of amides is 2. The number of fused-ring (bicyclic) bond motifs is 3. The van der Waals surface area contributed by atoms with Gasteiger partial charge in [-0.1, -0.05) is 25.7 Å². The SMILES string of the molecule is C=Cc1nc(CN2CCC3(CC2)C2=CC(C)c4c(cc(OC)cc4OC)CN2C(=O)N3CC)n(C)c1/C=C\C. The van der Waals surface area contributed by atoms with E-state index in [1.54, 1.807) is 14.2 Å². The molecule has 4 heterocycles. The molecule has 2 aromatic rings. The average molecular weight is 532 g/mol. The molecule has 2 saturated heterocycles. The predicted octanol–water partition coefficient (Wildman–Crippen LogP) is 5.41. The lowest BCUT2D eigenvalue weighted by Gasteiger charge is -2.44. The third kappa shape index (κ3) is 4.35. The van der Waals surface area contributed by atoms with E-state index in [4.69, 9.17) is 14.5 Å². The van der Waals surface area contributed by atoms with Gasteiger partial charge in [-0.15, -0.1) is 0 Å². The molecule has 0 saturated carbocycles. The van der Waals surface area contributed by atoms with Crippen LogP contribution in [0.1, 0.15) is 67.9 Å². The summed E-state index contributed by atoms with van der Waals surface area (Å²) in [5.74, 6) is 2.69. The first-order valence-corrected chi connectivity index (χ1v) is 13.9. The van der Waals surface area contributed by atoms with Crippen LogP contribution in [0.5, 0.6) is 11.5 Å². The summed E-state index contributed by atoms with van der Waals surface area (Å²) >= 11 is 0. The van der Waals surface area contributed by atoms with Crippen molar-refractivity contribution >= 4 is 18.2 Å². The van der Waals surface area contributed by atoms with Crippen molar-refractivity contribution in [3.8, 4) is 11.5 Å². The molecule has 1 spiro atoms. The minimum atomic E-state index is -0.306. The Morgan fingerprint density at radius 1 is 1.21 bits per heavy atom. The Balaban J connectivity index is 1.44. The molecule has 0 bridgehead atoms. The molecule has 3 aliphatic rings. The van der Waals surface area contributed by atoms with Crippen LogP contribution in [0.2, 0.25) is 0 Å². The molecule has 2 amide bonds. The van der Waals surface area contributed by atoms with Gasteiger partial charge in [-0.3, -0.25) is 9.80 Å². The Morgan fingerprint density at radius 2 is 1.95 bits per heavy atom. The summed E-state index contributed by atoms with van der Waals surface area (Å²) in [4.78, 5) is 25.3. The zero-order valence-electron chi connectivity index (χ0n) is 24.2. The highest BCUT2D eigenvalue weighted by atomic mass is 16.5. The van der Waals surface area contributed by atoms with Crippen LogP contribution in [0, 0.1) is 0 Å². The minimum Gasteiger partial charge on any atom is -0.497 e. The Labute approximate surface area is 232 Å². The second-order valence-electron chi connectivity index (χ2n) is 10.7. The first-order valence-electron chi connectivity index (χ1n) is 13.9. The number of benzene rings is 1. The van der Waals surface area contributed by atoms with Crippen LogP contribution in [0.25, 0.3) is 12.2 Å². The molecule has 1 unspecified atom stereocenters. The number of nitrogens with zero attached hydrogens (tertiary/aromatic N) is 5. The van der Waals surface area contributed by atoms with Crippen molar-refractivity contribution in [3.05, 3.63) is 64.9 Å². The number of aromatic nitrogens is 2. The summed E-state index contributed by atoms with van der Waals surface area (Å²) < 4.78 is 13.5. The highest BCUT2D eigenvalue weighted by molar-refractivity contribution is 5.83. The second kappa shape index (κ2) is 10.6. The Bertz CT molecular complexity index is 1330. The highest BCUT2D eigenvalue weighted by Crippen LogP contribution is 2.49. The first kappa shape index (κ1) is 27.1. The second-order valence-corrected chi connectivity index (χ2v) is 10.7. The summed E-state index contributed by atoms with van der Waals surface area (Å²) in [6, 6.07) is 4.08. The molecule has 3 aliphatic heterocycles. The maximum atomic E-state index is 13.9. The number of methoxy groups -OCH3 is 2. The standard InChI is InChI=1S/C31H41N5O3/c1-8-11-25-24(9-2)32-28(33(25)5)20-34-14-12-31(13-15-34)27-16-21(4)29-22(17-23(38-6)18-26(29)39-7)19-35(27)30(37)36(31)10-3/h8-9,11,16-18,21H,2,10,12-15,19-20H2,1,3-7H3/b11-8-. The van der Waals surface area contributed by atoms with E-state index >= 15 is 0 Å². The number of imidazole rings is 1. The van der Waals surface area contributed by atoms with Gasteiger partial charge in [-0.2, -0.15) is 0 Å². The summed E-state index contributed by atoms with van der Waals surface area (Å²) in [7, 11) is 5.43. The summed E-state index contributed by atoms with van der Waals surface area (Å²) in [6.45, 7) is 14.0. The average Bonchev–Trinajstić information content (AvgIpc) is 3.27. The monoisotopic (exact) mass is 531 g/mol. The number of ether oxygens (including phenoxy) is 2. The number of carbonyl (C=O) groups is 1. The smallest absolute Gasteiger partial charge is 0.325 e. The van der Waals surface area contributed by atoms with Gasteiger partial charge in [0.1, 0.15) is 17.3 Å². The summed E-state index contributed by atoms with van der Waals surface area (Å²) in [5, 5.41) is 0. The number of hydrogen-bond acceptors (Lipinski definition) is 5. The fourth-order valence-electron chi connectivity index (χ4n) is 6.77. The van der Waals surface area contributed by atoms with E-state index < -0.39 is 0 Å². The minimum absolute atomic E-state index is 0.0924.